The van der Waals surface area contributed by atoms with Crippen LogP contribution in [0.3, 0.4) is 0 Å². The average Bonchev–Trinajstić information content (AvgIpc) is 2.87. The number of anilines is 2. The zero-order valence-corrected chi connectivity index (χ0v) is 14.7. The summed E-state index contributed by atoms with van der Waals surface area (Å²) in [5.74, 6) is 0.0742. The molecule has 4 aliphatic rings. The van der Waals surface area contributed by atoms with E-state index < -0.39 is 0 Å². The number of nitrogen functional groups attached to an aromatic ring is 1. The van der Waals surface area contributed by atoms with Gasteiger partial charge in [-0.2, -0.15) is 0 Å². The molecule has 3 aliphatic carbocycles. The fourth-order valence-electron chi connectivity index (χ4n) is 4.95. The zero-order chi connectivity index (χ0) is 17.3. The summed E-state index contributed by atoms with van der Waals surface area (Å²) in [4.78, 5) is 27.9. The Balaban J connectivity index is 1.88. The number of hydrogen-bond acceptors (Lipinski definition) is 3. The lowest BCUT2D eigenvalue weighted by atomic mass is 9.63. The molecule has 1 aliphatic heterocycles. The number of nitrogens with two attached hydrogens (primary N) is 1. The molecule has 0 spiro atoms. The molecule has 2 fully saturated rings. The lowest BCUT2D eigenvalue weighted by molar-refractivity contribution is -0.124. The highest BCUT2D eigenvalue weighted by Gasteiger charge is 2.57. The molecule has 4 heteroatoms. The molecular weight excluding hydrogens is 300 g/mol. The molecule has 1 aromatic carbocycles. The van der Waals surface area contributed by atoms with E-state index in [9.17, 15) is 9.59 Å². The van der Waals surface area contributed by atoms with Crippen molar-refractivity contribution in [3.8, 4) is 0 Å². The van der Waals surface area contributed by atoms with E-state index in [4.69, 9.17) is 5.73 Å². The van der Waals surface area contributed by atoms with Crippen LogP contribution in [0.2, 0.25) is 0 Å². The van der Waals surface area contributed by atoms with Gasteiger partial charge < -0.3 is 5.73 Å². The summed E-state index contributed by atoms with van der Waals surface area (Å²) >= 11 is 0. The highest BCUT2D eigenvalue weighted by molar-refractivity contribution is 6.23. The second-order valence-corrected chi connectivity index (χ2v) is 7.62. The molecule has 24 heavy (non-hydrogen) atoms. The Bertz CT molecular complexity index is 747. The van der Waals surface area contributed by atoms with E-state index in [0.717, 1.165) is 46.5 Å². The predicted octanol–water partition coefficient (Wildman–Crippen LogP) is 3.20. The molecule has 2 amide bonds. The molecule has 2 bridgehead atoms. The third-order valence-electron chi connectivity index (χ3n) is 6.63. The Kier molecular flexibility index (Phi) is 3.18. The van der Waals surface area contributed by atoms with Gasteiger partial charge in [0.25, 0.3) is 0 Å². The van der Waals surface area contributed by atoms with Crippen LogP contribution in [0, 0.1) is 51.4 Å². The van der Waals surface area contributed by atoms with Gasteiger partial charge in [0, 0.05) is 5.69 Å². The summed E-state index contributed by atoms with van der Waals surface area (Å²) in [7, 11) is 0. The van der Waals surface area contributed by atoms with Crippen LogP contribution in [0.5, 0.6) is 0 Å². The Morgan fingerprint density at radius 1 is 0.833 bits per heavy atom. The SMILES string of the molecule is Cc1c(C)c(N2C(=O)[C@@H]3[C@H](C2=O)[C@@H]2C=C[C@H]3CC2)c(C)c(C)c1N. The summed E-state index contributed by atoms with van der Waals surface area (Å²) in [5.41, 5.74) is 11.5. The maximum atomic E-state index is 13.2. The van der Waals surface area contributed by atoms with Crippen molar-refractivity contribution in [1.82, 2.24) is 0 Å². The summed E-state index contributed by atoms with van der Waals surface area (Å²) in [6.45, 7) is 7.85. The molecule has 2 N–H and O–H groups in total. The number of amides is 2. The number of fused-ring (bicyclic) bond motifs is 1. The molecule has 0 aromatic heterocycles. The van der Waals surface area contributed by atoms with Crippen molar-refractivity contribution in [2.75, 3.05) is 10.6 Å². The van der Waals surface area contributed by atoms with Gasteiger partial charge in [0.15, 0.2) is 0 Å². The zero-order valence-electron chi connectivity index (χ0n) is 14.7. The van der Waals surface area contributed by atoms with Crippen molar-refractivity contribution in [3.05, 3.63) is 34.4 Å². The smallest absolute Gasteiger partial charge is 0.238 e. The van der Waals surface area contributed by atoms with Crippen LogP contribution in [0.4, 0.5) is 11.4 Å². The molecule has 1 heterocycles. The van der Waals surface area contributed by atoms with Gasteiger partial charge in [0.1, 0.15) is 0 Å². The molecular formula is C20H24N2O2. The van der Waals surface area contributed by atoms with Gasteiger partial charge in [0.2, 0.25) is 11.8 Å². The number of imide groups is 1. The molecule has 1 saturated carbocycles. The number of carbonyl (C=O) groups is 2. The minimum atomic E-state index is -0.168. The molecule has 126 valence electrons. The second kappa shape index (κ2) is 4.95. The monoisotopic (exact) mass is 324 g/mol. The highest BCUT2D eigenvalue weighted by atomic mass is 16.2. The first-order valence-electron chi connectivity index (χ1n) is 8.76. The molecule has 0 unspecified atom stereocenters. The minimum absolute atomic E-state index is 0.0150. The maximum Gasteiger partial charge on any atom is 0.238 e. The Morgan fingerprint density at radius 2 is 1.25 bits per heavy atom. The molecule has 4 atom stereocenters. The van der Waals surface area contributed by atoms with Crippen molar-refractivity contribution < 1.29 is 9.59 Å². The molecule has 0 radical (unpaired) electrons. The first-order valence-corrected chi connectivity index (χ1v) is 8.76. The van der Waals surface area contributed by atoms with Gasteiger partial charge >= 0.3 is 0 Å². The second-order valence-electron chi connectivity index (χ2n) is 7.62. The minimum Gasteiger partial charge on any atom is -0.398 e. The van der Waals surface area contributed by atoms with Gasteiger partial charge in [-0.25, -0.2) is 4.90 Å². The van der Waals surface area contributed by atoms with E-state index in [2.05, 4.69) is 12.2 Å². The number of carbonyl (C=O) groups excluding carboxylic acids is 2. The third kappa shape index (κ3) is 1.74. The molecule has 4 nitrogen and oxygen atoms in total. The maximum absolute atomic E-state index is 13.2. The topological polar surface area (TPSA) is 63.4 Å². The number of allylic oxidation sites excluding steroid dienone is 2. The molecule has 1 aromatic rings. The standard InChI is InChI=1S/C20H24N2O2/c1-9-11(3)18(12(4)10(2)17(9)21)22-19(23)15-13-5-6-14(8-7-13)16(15)20(22)24/h5-6,13-16H,7-8,21H2,1-4H3/t13-,14+,15-,16+. The third-order valence-corrected chi connectivity index (χ3v) is 6.63. The Morgan fingerprint density at radius 3 is 1.62 bits per heavy atom. The van der Waals surface area contributed by atoms with Crippen molar-refractivity contribution in [2.24, 2.45) is 23.7 Å². The summed E-state index contributed by atoms with van der Waals surface area (Å²) in [5, 5.41) is 0. The van der Waals surface area contributed by atoms with E-state index in [0.29, 0.717) is 0 Å². The van der Waals surface area contributed by atoms with Crippen molar-refractivity contribution in [1.29, 1.82) is 0 Å². The summed E-state index contributed by atoms with van der Waals surface area (Å²) in [6.07, 6.45) is 6.35. The van der Waals surface area contributed by atoms with Crippen molar-refractivity contribution in [2.45, 2.75) is 40.5 Å². The van der Waals surface area contributed by atoms with Crippen LogP contribution in [-0.2, 0) is 9.59 Å². The van der Waals surface area contributed by atoms with Crippen LogP contribution in [0.25, 0.3) is 0 Å². The van der Waals surface area contributed by atoms with Gasteiger partial charge in [-0.3, -0.25) is 9.59 Å². The lowest BCUT2D eigenvalue weighted by Gasteiger charge is -2.38. The van der Waals surface area contributed by atoms with Crippen LogP contribution in [0.1, 0.15) is 35.1 Å². The largest absolute Gasteiger partial charge is 0.398 e. The van der Waals surface area contributed by atoms with E-state index in [-0.39, 0.29) is 35.5 Å². The summed E-state index contributed by atoms with van der Waals surface area (Å²) in [6, 6.07) is 0. The number of hydrogen-bond donors (Lipinski definition) is 1. The fraction of sp³-hybridized carbons (Fsp3) is 0.500. The highest BCUT2D eigenvalue weighted by Crippen LogP contribution is 2.51. The lowest BCUT2D eigenvalue weighted by Crippen LogP contribution is -2.38. The van der Waals surface area contributed by atoms with Gasteiger partial charge in [0.05, 0.1) is 17.5 Å². The van der Waals surface area contributed by atoms with Crippen LogP contribution >= 0.6 is 0 Å². The van der Waals surface area contributed by atoms with Crippen LogP contribution in [-0.4, -0.2) is 11.8 Å². The van der Waals surface area contributed by atoms with E-state index in [1.54, 1.807) is 0 Å². The number of rotatable bonds is 1. The van der Waals surface area contributed by atoms with E-state index in [1.807, 2.05) is 27.7 Å². The van der Waals surface area contributed by atoms with Crippen LogP contribution < -0.4 is 10.6 Å². The quantitative estimate of drug-likeness (QED) is 0.490. The Labute approximate surface area is 142 Å². The van der Waals surface area contributed by atoms with Crippen LogP contribution in [0.15, 0.2) is 12.2 Å². The fourth-order valence-corrected chi connectivity index (χ4v) is 4.95. The molecule has 1 saturated heterocycles. The predicted molar refractivity (Wildman–Crippen MR) is 94.6 cm³/mol. The Hall–Kier alpha value is -2.10. The van der Waals surface area contributed by atoms with Gasteiger partial charge in [-0.05, 0) is 74.6 Å². The van der Waals surface area contributed by atoms with Gasteiger partial charge in [-0.15, -0.1) is 0 Å². The van der Waals surface area contributed by atoms with Crippen molar-refractivity contribution >= 4 is 23.2 Å². The first-order chi connectivity index (χ1) is 11.3. The van der Waals surface area contributed by atoms with Crippen molar-refractivity contribution in [3.63, 3.8) is 0 Å². The molecule has 5 rings (SSSR count). The van der Waals surface area contributed by atoms with E-state index >= 15 is 0 Å². The van der Waals surface area contributed by atoms with E-state index in [1.165, 1.54) is 4.90 Å². The number of benzene rings is 1. The van der Waals surface area contributed by atoms with Gasteiger partial charge in [-0.1, -0.05) is 12.2 Å². The number of nitrogens with zero attached hydrogens (tertiary/aromatic N) is 1. The first kappa shape index (κ1) is 15.4. The normalized spacial score (nSPS) is 31.1. The summed E-state index contributed by atoms with van der Waals surface area (Å²) < 4.78 is 0. The average molecular weight is 324 g/mol.